The van der Waals surface area contributed by atoms with Crippen LogP contribution in [-0.4, -0.2) is 14.6 Å². The van der Waals surface area contributed by atoms with Gasteiger partial charge in [-0.2, -0.15) is 5.10 Å². The van der Waals surface area contributed by atoms with Crippen molar-refractivity contribution in [2.75, 3.05) is 0 Å². The van der Waals surface area contributed by atoms with Gasteiger partial charge in [-0.3, -0.25) is 0 Å². The van der Waals surface area contributed by atoms with Gasteiger partial charge in [0.1, 0.15) is 0 Å². The first kappa shape index (κ1) is 7.03. The molecule has 0 fully saturated rings. The molecule has 0 aliphatic heterocycles. The SMILES string of the molecule is C=CCc1cn2ncccc2n1. The molecule has 60 valence electrons. The summed E-state index contributed by atoms with van der Waals surface area (Å²) in [7, 11) is 0. The normalized spacial score (nSPS) is 10.3. The molecule has 3 nitrogen and oxygen atoms in total. The lowest BCUT2D eigenvalue weighted by atomic mass is 10.3. The van der Waals surface area contributed by atoms with Crippen molar-refractivity contribution in [2.45, 2.75) is 6.42 Å². The van der Waals surface area contributed by atoms with E-state index in [1.165, 1.54) is 0 Å². The van der Waals surface area contributed by atoms with Crippen molar-refractivity contribution in [3.63, 3.8) is 0 Å². The number of rotatable bonds is 2. The lowest BCUT2D eigenvalue weighted by molar-refractivity contribution is 0.933. The van der Waals surface area contributed by atoms with Crippen molar-refractivity contribution in [1.82, 2.24) is 14.6 Å². The molecule has 0 bridgehead atoms. The van der Waals surface area contributed by atoms with Gasteiger partial charge in [0.15, 0.2) is 5.65 Å². The van der Waals surface area contributed by atoms with E-state index in [0.717, 1.165) is 17.8 Å². The lowest BCUT2D eigenvalue weighted by Crippen LogP contribution is -1.85. The summed E-state index contributed by atoms with van der Waals surface area (Å²) < 4.78 is 1.76. The maximum Gasteiger partial charge on any atom is 0.153 e. The summed E-state index contributed by atoms with van der Waals surface area (Å²) in [6, 6.07) is 3.81. The van der Waals surface area contributed by atoms with Crippen LogP contribution in [0.1, 0.15) is 5.69 Å². The largest absolute Gasteiger partial charge is 0.232 e. The molecule has 2 aromatic heterocycles. The second-order valence-electron chi connectivity index (χ2n) is 2.55. The Morgan fingerprint density at radius 3 is 3.25 bits per heavy atom. The van der Waals surface area contributed by atoms with Crippen LogP contribution in [0.15, 0.2) is 37.2 Å². The first-order valence-electron chi connectivity index (χ1n) is 3.80. The van der Waals surface area contributed by atoms with Gasteiger partial charge in [-0.25, -0.2) is 9.50 Å². The van der Waals surface area contributed by atoms with Crippen LogP contribution in [0.25, 0.3) is 5.65 Å². The highest BCUT2D eigenvalue weighted by atomic mass is 15.2. The van der Waals surface area contributed by atoms with Crippen molar-refractivity contribution >= 4 is 5.65 Å². The van der Waals surface area contributed by atoms with E-state index in [2.05, 4.69) is 16.7 Å². The molecule has 0 aromatic carbocycles. The highest BCUT2D eigenvalue weighted by Crippen LogP contribution is 2.02. The molecular weight excluding hydrogens is 150 g/mol. The molecule has 2 rings (SSSR count). The average Bonchev–Trinajstić information content (AvgIpc) is 2.47. The molecule has 2 aromatic rings. The van der Waals surface area contributed by atoms with E-state index in [9.17, 15) is 0 Å². The molecule has 0 unspecified atom stereocenters. The standard InChI is InChI=1S/C9H9N3/c1-2-4-8-7-12-9(11-8)5-3-6-10-12/h2-3,5-7H,1,4H2. The van der Waals surface area contributed by atoms with Gasteiger partial charge in [-0.15, -0.1) is 6.58 Å². The van der Waals surface area contributed by atoms with Crippen LogP contribution >= 0.6 is 0 Å². The zero-order valence-electron chi connectivity index (χ0n) is 6.64. The Morgan fingerprint density at radius 2 is 2.50 bits per heavy atom. The van der Waals surface area contributed by atoms with Gasteiger partial charge in [0.2, 0.25) is 0 Å². The number of hydrogen-bond acceptors (Lipinski definition) is 2. The lowest BCUT2D eigenvalue weighted by Gasteiger charge is -1.85. The van der Waals surface area contributed by atoms with E-state index < -0.39 is 0 Å². The van der Waals surface area contributed by atoms with Crippen LogP contribution in [0.3, 0.4) is 0 Å². The third kappa shape index (κ3) is 1.09. The summed E-state index contributed by atoms with van der Waals surface area (Å²) in [5, 5.41) is 4.10. The average molecular weight is 159 g/mol. The highest BCUT2D eigenvalue weighted by molar-refractivity contribution is 5.37. The monoisotopic (exact) mass is 159 g/mol. The molecule has 0 amide bonds. The Kier molecular flexibility index (Phi) is 1.63. The number of imidazole rings is 1. The van der Waals surface area contributed by atoms with Gasteiger partial charge in [-0.05, 0) is 12.1 Å². The van der Waals surface area contributed by atoms with E-state index in [0.29, 0.717) is 0 Å². The van der Waals surface area contributed by atoms with Crippen molar-refractivity contribution in [2.24, 2.45) is 0 Å². The van der Waals surface area contributed by atoms with Crippen molar-refractivity contribution < 1.29 is 0 Å². The Bertz CT molecular complexity index is 370. The van der Waals surface area contributed by atoms with Gasteiger partial charge < -0.3 is 0 Å². The minimum absolute atomic E-state index is 0.795. The van der Waals surface area contributed by atoms with E-state index in [1.807, 2.05) is 24.4 Å². The summed E-state index contributed by atoms with van der Waals surface area (Å²) in [6.07, 6.45) is 6.29. The molecule has 0 aliphatic carbocycles. The molecule has 2 heterocycles. The van der Waals surface area contributed by atoms with Crippen LogP contribution in [-0.2, 0) is 6.42 Å². The van der Waals surface area contributed by atoms with E-state index in [1.54, 1.807) is 10.7 Å². The quantitative estimate of drug-likeness (QED) is 0.621. The van der Waals surface area contributed by atoms with Gasteiger partial charge in [0.25, 0.3) is 0 Å². The van der Waals surface area contributed by atoms with E-state index in [4.69, 9.17) is 0 Å². The number of allylic oxidation sites excluding steroid dienone is 1. The third-order valence-corrected chi connectivity index (χ3v) is 1.64. The number of hydrogen-bond donors (Lipinski definition) is 0. The minimum Gasteiger partial charge on any atom is -0.232 e. The third-order valence-electron chi connectivity index (χ3n) is 1.64. The predicted octanol–water partition coefficient (Wildman–Crippen LogP) is 1.46. The molecule has 0 aliphatic rings. The summed E-state index contributed by atoms with van der Waals surface area (Å²) in [4.78, 5) is 4.33. The number of nitrogens with zero attached hydrogens (tertiary/aromatic N) is 3. The van der Waals surface area contributed by atoms with Crippen molar-refractivity contribution in [1.29, 1.82) is 0 Å². The fourth-order valence-corrected chi connectivity index (χ4v) is 1.13. The van der Waals surface area contributed by atoms with Crippen LogP contribution in [0.2, 0.25) is 0 Å². The topological polar surface area (TPSA) is 30.2 Å². The highest BCUT2D eigenvalue weighted by Gasteiger charge is 1.97. The van der Waals surface area contributed by atoms with Gasteiger partial charge in [0.05, 0.1) is 11.9 Å². The van der Waals surface area contributed by atoms with Gasteiger partial charge in [0, 0.05) is 12.6 Å². The van der Waals surface area contributed by atoms with Crippen molar-refractivity contribution in [3.8, 4) is 0 Å². The van der Waals surface area contributed by atoms with Gasteiger partial charge in [-0.1, -0.05) is 6.08 Å². The molecule has 0 saturated carbocycles. The number of fused-ring (bicyclic) bond motifs is 1. The zero-order chi connectivity index (χ0) is 8.39. The minimum atomic E-state index is 0.795. The predicted molar refractivity (Wildman–Crippen MR) is 46.9 cm³/mol. The Morgan fingerprint density at radius 1 is 1.58 bits per heavy atom. The van der Waals surface area contributed by atoms with Crippen LogP contribution in [0.5, 0.6) is 0 Å². The van der Waals surface area contributed by atoms with Crippen LogP contribution in [0, 0.1) is 0 Å². The summed E-state index contributed by atoms with van der Waals surface area (Å²) in [5.74, 6) is 0. The Balaban J connectivity index is 2.54. The maximum atomic E-state index is 4.33. The van der Waals surface area contributed by atoms with E-state index >= 15 is 0 Å². The molecule has 3 heteroatoms. The zero-order valence-corrected chi connectivity index (χ0v) is 6.64. The summed E-state index contributed by atoms with van der Waals surface area (Å²) in [5.41, 5.74) is 1.89. The summed E-state index contributed by atoms with van der Waals surface area (Å²) >= 11 is 0. The molecule has 0 spiro atoms. The Labute approximate surface area is 70.4 Å². The Hall–Kier alpha value is -1.64. The van der Waals surface area contributed by atoms with Crippen LogP contribution < -0.4 is 0 Å². The molecular formula is C9H9N3. The number of aromatic nitrogens is 3. The molecule has 0 saturated heterocycles. The second-order valence-corrected chi connectivity index (χ2v) is 2.55. The first-order chi connectivity index (χ1) is 5.90. The van der Waals surface area contributed by atoms with Crippen LogP contribution in [0.4, 0.5) is 0 Å². The fourth-order valence-electron chi connectivity index (χ4n) is 1.13. The van der Waals surface area contributed by atoms with Crippen molar-refractivity contribution in [3.05, 3.63) is 42.9 Å². The molecule has 0 N–H and O–H groups in total. The summed E-state index contributed by atoms with van der Waals surface area (Å²) in [6.45, 7) is 3.66. The maximum absolute atomic E-state index is 4.33. The first-order valence-corrected chi connectivity index (χ1v) is 3.80. The smallest absolute Gasteiger partial charge is 0.153 e. The molecule has 12 heavy (non-hydrogen) atoms. The second kappa shape index (κ2) is 2.77. The van der Waals surface area contributed by atoms with E-state index in [-0.39, 0.29) is 0 Å². The fraction of sp³-hybridized carbons (Fsp3) is 0.111. The molecule has 0 atom stereocenters. The molecule has 0 radical (unpaired) electrons. The van der Waals surface area contributed by atoms with Gasteiger partial charge >= 0.3 is 0 Å².